The topological polar surface area (TPSA) is 55.4 Å². The van der Waals surface area contributed by atoms with Crippen molar-refractivity contribution >= 4 is 12.4 Å². The molecule has 1 saturated carbocycles. The molecule has 4 nitrogen and oxygen atoms in total. The van der Waals surface area contributed by atoms with E-state index < -0.39 is 6.09 Å². The Balaban J connectivity index is 1.79. The van der Waals surface area contributed by atoms with Crippen LogP contribution in [0.5, 0.6) is 0 Å². The minimum Gasteiger partial charge on any atom is -0.445 e. The van der Waals surface area contributed by atoms with Crippen LogP contribution < -0.4 is 5.32 Å². The summed E-state index contributed by atoms with van der Waals surface area (Å²) in [5.41, 5.74) is 0.952. The summed E-state index contributed by atoms with van der Waals surface area (Å²) in [7, 11) is 0. The molecule has 0 unspecified atom stereocenters. The van der Waals surface area contributed by atoms with Crippen molar-refractivity contribution in [1.82, 2.24) is 5.32 Å². The molecule has 1 amide bonds. The van der Waals surface area contributed by atoms with Crippen LogP contribution in [-0.2, 0) is 16.1 Å². The van der Waals surface area contributed by atoms with Crippen LogP contribution in [0, 0.1) is 5.92 Å². The maximum atomic E-state index is 11.7. The molecule has 1 aromatic rings. The zero-order valence-electron chi connectivity index (χ0n) is 10.9. The van der Waals surface area contributed by atoms with Gasteiger partial charge in [0.1, 0.15) is 12.9 Å². The third-order valence-corrected chi connectivity index (χ3v) is 3.51. The van der Waals surface area contributed by atoms with E-state index in [1.807, 2.05) is 30.3 Å². The highest BCUT2D eigenvalue weighted by atomic mass is 16.5. The van der Waals surface area contributed by atoms with Crippen molar-refractivity contribution in [3.63, 3.8) is 0 Å². The van der Waals surface area contributed by atoms with E-state index in [2.05, 4.69) is 5.32 Å². The Labute approximate surface area is 113 Å². The van der Waals surface area contributed by atoms with Gasteiger partial charge in [-0.2, -0.15) is 0 Å². The molecule has 0 aromatic heterocycles. The minimum absolute atomic E-state index is 0.0713. The predicted molar refractivity (Wildman–Crippen MR) is 71.6 cm³/mol. The van der Waals surface area contributed by atoms with E-state index >= 15 is 0 Å². The first-order chi connectivity index (χ1) is 9.29. The molecular weight excluding hydrogens is 242 g/mol. The molecule has 0 bridgehead atoms. The van der Waals surface area contributed by atoms with Gasteiger partial charge in [0, 0.05) is 12.0 Å². The van der Waals surface area contributed by atoms with Gasteiger partial charge >= 0.3 is 6.09 Å². The highest BCUT2D eigenvalue weighted by Crippen LogP contribution is 2.22. The molecule has 102 valence electrons. The maximum Gasteiger partial charge on any atom is 0.407 e. The summed E-state index contributed by atoms with van der Waals surface area (Å²) in [6.07, 6.45) is 4.31. The number of aldehydes is 1. The lowest BCUT2D eigenvalue weighted by Gasteiger charge is -2.27. The van der Waals surface area contributed by atoms with Gasteiger partial charge in [-0.05, 0) is 18.4 Å². The van der Waals surface area contributed by atoms with Crippen LogP contribution >= 0.6 is 0 Å². The van der Waals surface area contributed by atoms with Gasteiger partial charge in [0.05, 0.1) is 0 Å². The van der Waals surface area contributed by atoms with Crippen molar-refractivity contribution in [1.29, 1.82) is 0 Å². The number of hydrogen-bond acceptors (Lipinski definition) is 3. The number of rotatable bonds is 4. The Morgan fingerprint density at radius 2 is 2.00 bits per heavy atom. The van der Waals surface area contributed by atoms with E-state index in [9.17, 15) is 9.59 Å². The van der Waals surface area contributed by atoms with Gasteiger partial charge in [0.25, 0.3) is 0 Å². The average molecular weight is 261 g/mol. The van der Waals surface area contributed by atoms with Gasteiger partial charge in [0.2, 0.25) is 0 Å². The van der Waals surface area contributed by atoms with Crippen molar-refractivity contribution in [2.75, 3.05) is 0 Å². The first-order valence-electron chi connectivity index (χ1n) is 6.72. The summed E-state index contributed by atoms with van der Waals surface area (Å²) in [6, 6.07) is 9.46. The summed E-state index contributed by atoms with van der Waals surface area (Å²) < 4.78 is 5.16. The highest BCUT2D eigenvalue weighted by Gasteiger charge is 2.26. The minimum atomic E-state index is -0.442. The molecule has 0 aliphatic heterocycles. The Morgan fingerprint density at radius 1 is 1.26 bits per heavy atom. The third-order valence-electron chi connectivity index (χ3n) is 3.51. The summed E-state index contributed by atoms with van der Waals surface area (Å²) in [5, 5.41) is 2.80. The highest BCUT2D eigenvalue weighted by molar-refractivity contribution is 5.68. The first kappa shape index (κ1) is 13.6. The Hall–Kier alpha value is -1.84. The number of nitrogens with one attached hydrogen (secondary N) is 1. The molecule has 0 spiro atoms. The fourth-order valence-corrected chi connectivity index (χ4v) is 2.42. The number of amides is 1. The molecule has 19 heavy (non-hydrogen) atoms. The lowest BCUT2D eigenvalue weighted by atomic mass is 9.86. The van der Waals surface area contributed by atoms with Crippen molar-refractivity contribution in [3.05, 3.63) is 35.9 Å². The largest absolute Gasteiger partial charge is 0.445 e. The van der Waals surface area contributed by atoms with E-state index in [1.165, 1.54) is 0 Å². The van der Waals surface area contributed by atoms with Crippen molar-refractivity contribution in [3.8, 4) is 0 Å². The van der Waals surface area contributed by atoms with Crippen LogP contribution in [0.1, 0.15) is 31.2 Å². The van der Waals surface area contributed by atoms with Crippen molar-refractivity contribution in [2.24, 2.45) is 5.92 Å². The standard InChI is InChI=1S/C15H19NO3/c17-10-13-8-4-5-9-14(13)16-15(18)19-11-12-6-2-1-3-7-12/h1-3,6-7,10,13-14H,4-5,8-9,11H2,(H,16,18)/t13-,14-/m1/s1. The molecule has 1 aliphatic rings. The predicted octanol–water partition coefficient (Wildman–Crippen LogP) is 2.67. The number of carbonyl (C=O) groups excluding carboxylic acids is 2. The zero-order chi connectivity index (χ0) is 13.5. The first-order valence-corrected chi connectivity index (χ1v) is 6.72. The van der Waals surface area contributed by atoms with Crippen LogP contribution in [0.2, 0.25) is 0 Å². The molecule has 1 N–H and O–H groups in total. The molecule has 1 fully saturated rings. The van der Waals surface area contributed by atoms with Gasteiger partial charge in [-0.15, -0.1) is 0 Å². The van der Waals surface area contributed by atoms with Gasteiger partial charge in [-0.25, -0.2) is 4.79 Å². The van der Waals surface area contributed by atoms with Crippen molar-refractivity contribution < 1.29 is 14.3 Å². The maximum absolute atomic E-state index is 11.7. The second-order valence-electron chi connectivity index (χ2n) is 4.90. The lowest BCUT2D eigenvalue weighted by molar-refractivity contribution is -0.112. The van der Waals surface area contributed by atoms with Gasteiger partial charge in [-0.3, -0.25) is 0 Å². The molecule has 0 heterocycles. The van der Waals surface area contributed by atoms with E-state index in [-0.39, 0.29) is 18.6 Å². The van der Waals surface area contributed by atoms with E-state index in [0.717, 1.165) is 37.5 Å². The molecule has 0 saturated heterocycles. The number of benzene rings is 1. The van der Waals surface area contributed by atoms with Gasteiger partial charge in [-0.1, -0.05) is 43.2 Å². The molecular formula is C15H19NO3. The van der Waals surface area contributed by atoms with Crippen LogP contribution in [0.25, 0.3) is 0 Å². The quantitative estimate of drug-likeness (QED) is 0.848. The van der Waals surface area contributed by atoms with Crippen LogP contribution in [-0.4, -0.2) is 18.4 Å². The lowest BCUT2D eigenvalue weighted by Crippen LogP contribution is -2.42. The summed E-state index contributed by atoms with van der Waals surface area (Å²) in [4.78, 5) is 22.6. The second-order valence-corrected chi connectivity index (χ2v) is 4.90. The number of hydrogen-bond donors (Lipinski definition) is 1. The molecule has 1 aliphatic carbocycles. The van der Waals surface area contributed by atoms with Gasteiger partial charge < -0.3 is 14.8 Å². The summed E-state index contributed by atoms with van der Waals surface area (Å²) in [6.45, 7) is 0.255. The van der Waals surface area contributed by atoms with Crippen LogP contribution in [0.4, 0.5) is 4.79 Å². The Morgan fingerprint density at radius 3 is 2.74 bits per heavy atom. The van der Waals surface area contributed by atoms with E-state index in [1.54, 1.807) is 0 Å². The Kier molecular flexibility index (Phi) is 4.95. The average Bonchev–Trinajstić information content (AvgIpc) is 2.47. The SMILES string of the molecule is O=C[C@H]1CCCC[C@H]1NC(=O)OCc1ccccc1. The molecule has 4 heteroatoms. The summed E-state index contributed by atoms with van der Waals surface area (Å²) >= 11 is 0. The molecule has 0 radical (unpaired) electrons. The number of carbonyl (C=O) groups is 2. The number of ether oxygens (including phenoxy) is 1. The normalized spacial score (nSPS) is 22.5. The fraction of sp³-hybridized carbons (Fsp3) is 0.467. The van der Waals surface area contributed by atoms with Crippen LogP contribution in [0.3, 0.4) is 0 Å². The fourth-order valence-electron chi connectivity index (χ4n) is 2.42. The van der Waals surface area contributed by atoms with Gasteiger partial charge in [0.15, 0.2) is 0 Å². The van der Waals surface area contributed by atoms with Crippen LogP contribution in [0.15, 0.2) is 30.3 Å². The number of alkyl carbamates (subject to hydrolysis) is 1. The monoisotopic (exact) mass is 261 g/mol. The third kappa shape index (κ3) is 4.09. The Bertz CT molecular complexity index is 419. The molecule has 2 atom stereocenters. The molecule has 1 aromatic carbocycles. The van der Waals surface area contributed by atoms with E-state index in [4.69, 9.17) is 4.74 Å². The van der Waals surface area contributed by atoms with E-state index in [0.29, 0.717) is 0 Å². The zero-order valence-corrected chi connectivity index (χ0v) is 10.9. The summed E-state index contributed by atoms with van der Waals surface area (Å²) in [5.74, 6) is -0.0713. The second kappa shape index (κ2) is 6.92. The smallest absolute Gasteiger partial charge is 0.407 e. The van der Waals surface area contributed by atoms with Crippen molar-refractivity contribution in [2.45, 2.75) is 38.3 Å². The molecule has 2 rings (SSSR count).